The van der Waals surface area contributed by atoms with Gasteiger partial charge in [0, 0.05) is 29.7 Å². The number of fused-ring (bicyclic) bond motifs is 1. The normalized spacial score (nSPS) is 18.3. The average Bonchev–Trinajstić information content (AvgIpc) is 2.81. The summed E-state index contributed by atoms with van der Waals surface area (Å²) in [5.41, 5.74) is 13.1. The molecule has 1 saturated heterocycles. The Morgan fingerprint density at radius 3 is 2.86 bits per heavy atom. The van der Waals surface area contributed by atoms with Crippen molar-refractivity contribution in [3.8, 4) is 0 Å². The van der Waals surface area contributed by atoms with E-state index in [1.165, 1.54) is 10.9 Å². The minimum Gasteiger partial charge on any atom is -0.376 e. The summed E-state index contributed by atoms with van der Waals surface area (Å²) in [7, 11) is 0. The van der Waals surface area contributed by atoms with Gasteiger partial charge >= 0.3 is 0 Å². The van der Waals surface area contributed by atoms with Gasteiger partial charge in [0.1, 0.15) is 5.54 Å². The summed E-state index contributed by atoms with van der Waals surface area (Å²) in [5.74, 6) is -0.381. The summed E-state index contributed by atoms with van der Waals surface area (Å²) in [4.78, 5) is 14.7. The molecule has 1 atom stereocenters. The molecule has 6 N–H and O–H groups in total. The van der Waals surface area contributed by atoms with Crippen LogP contribution in [0.5, 0.6) is 0 Å². The van der Waals surface area contributed by atoms with E-state index in [0.29, 0.717) is 19.8 Å². The first-order chi connectivity index (χ1) is 10.1. The molecule has 2 heterocycles. The molecule has 1 fully saturated rings. The highest BCUT2D eigenvalue weighted by Gasteiger charge is 2.44. The van der Waals surface area contributed by atoms with Gasteiger partial charge in [-0.05, 0) is 18.1 Å². The van der Waals surface area contributed by atoms with Crippen molar-refractivity contribution in [2.45, 2.75) is 18.0 Å². The molecule has 112 valence electrons. The van der Waals surface area contributed by atoms with Crippen LogP contribution < -0.4 is 16.8 Å². The van der Waals surface area contributed by atoms with E-state index in [9.17, 15) is 4.79 Å². The van der Waals surface area contributed by atoms with Gasteiger partial charge in [0.2, 0.25) is 5.91 Å². The lowest BCUT2D eigenvalue weighted by Gasteiger charge is -2.39. The number of primary amides is 1. The summed E-state index contributed by atoms with van der Waals surface area (Å²) >= 11 is 0. The second-order valence-corrected chi connectivity index (χ2v) is 5.64. The van der Waals surface area contributed by atoms with E-state index >= 15 is 0 Å². The molecule has 21 heavy (non-hydrogen) atoms. The largest absolute Gasteiger partial charge is 0.376 e. The Labute approximate surface area is 122 Å². The van der Waals surface area contributed by atoms with Crippen molar-refractivity contribution in [2.75, 3.05) is 19.8 Å². The topological polar surface area (TPSA) is 106 Å². The maximum Gasteiger partial charge on any atom is 0.242 e. The van der Waals surface area contributed by atoms with E-state index in [1.807, 2.05) is 24.4 Å². The van der Waals surface area contributed by atoms with Crippen molar-refractivity contribution in [3.05, 3.63) is 36.0 Å². The number of amides is 1. The zero-order valence-corrected chi connectivity index (χ0v) is 11.8. The predicted octanol–water partition coefficient (Wildman–Crippen LogP) is -0.118. The van der Waals surface area contributed by atoms with Crippen LogP contribution in [0.2, 0.25) is 0 Å². The lowest BCUT2D eigenvalue weighted by Crippen LogP contribution is -2.69. The summed E-state index contributed by atoms with van der Waals surface area (Å²) in [5, 5.41) is 4.34. The third-order valence-electron chi connectivity index (χ3n) is 4.03. The van der Waals surface area contributed by atoms with Crippen molar-refractivity contribution >= 4 is 16.8 Å². The number of nitrogens with two attached hydrogens (primary N) is 2. The minimum atomic E-state index is -0.738. The Bertz CT molecular complexity index is 648. The highest BCUT2D eigenvalue weighted by Crippen LogP contribution is 2.19. The van der Waals surface area contributed by atoms with Gasteiger partial charge in [0.05, 0.1) is 13.2 Å². The highest BCUT2D eigenvalue weighted by molar-refractivity contribution is 5.86. The number of aromatic nitrogens is 1. The fourth-order valence-electron chi connectivity index (χ4n) is 2.62. The number of para-hydroxylation sites is 1. The number of nitrogens with one attached hydrogen (secondary N) is 2. The van der Waals surface area contributed by atoms with Gasteiger partial charge in [0.15, 0.2) is 0 Å². The molecule has 3 rings (SSSR count). The van der Waals surface area contributed by atoms with Crippen molar-refractivity contribution in [3.63, 3.8) is 0 Å². The van der Waals surface area contributed by atoms with Crippen LogP contribution in [0.25, 0.3) is 10.9 Å². The maximum absolute atomic E-state index is 11.4. The van der Waals surface area contributed by atoms with Crippen LogP contribution in [0.4, 0.5) is 0 Å². The van der Waals surface area contributed by atoms with E-state index in [-0.39, 0.29) is 11.9 Å². The van der Waals surface area contributed by atoms with Crippen molar-refractivity contribution in [1.82, 2.24) is 10.3 Å². The van der Waals surface area contributed by atoms with E-state index < -0.39 is 5.54 Å². The Kier molecular flexibility index (Phi) is 3.67. The Balaban J connectivity index is 1.61. The van der Waals surface area contributed by atoms with Crippen LogP contribution in [0.1, 0.15) is 5.56 Å². The molecule has 0 bridgehead atoms. The lowest BCUT2D eigenvalue weighted by atomic mass is 9.95. The summed E-state index contributed by atoms with van der Waals surface area (Å²) in [6.07, 6.45) is 2.72. The Morgan fingerprint density at radius 1 is 1.43 bits per heavy atom. The van der Waals surface area contributed by atoms with Crippen LogP contribution in [0.3, 0.4) is 0 Å². The smallest absolute Gasteiger partial charge is 0.242 e. The minimum absolute atomic E-state index is 0.0963. The zero-order valence-electron chi connectivity index (χ0n) is 11.8. The number of ether oxygens (including phenoxy) is 1. The van der Waals surface area contributed by atoms with Crippen molar-refractivity contribution in [1.29, 1.82) is 0 Å². The number of hydrogen-bond acceptors (Lipinski definition) is 4. The number of hydrogen-bond donors (Lipinski definition) is 4. The third kappa shape index (κ3) is 2.65. The molecule has 1 aliphatic rings. The molecule has 6 heteroatoms. The third-order valence-corrected chi connectivity index (χ3v) is 4.03. The van der Waals surface area contributed by atoms with Gasteiger partial charge in [-0.2, -0.15) is 0 Å². The Morgan fingerprint density at radius 2 is 2.19 bits per heavy atom. The molecular weight excluding hydrogens is 268 g/mol. The molecule has 6 nitrogen and oxygen atoms in total. The zero-order chi connectivity index (χ0) is 14.9. The molecule has 0 aliphatic carbocycles. The average molecular weight is 288 g/mol. The van der Waals surface area contributed by atoms with E-state index in [1.54, 1.807) is 0 Å². The monoisotopic (exact) mass is 288 g/mol. The Hall–Kier alpha value is -1.89. The molecule has 1 unspecified atom stereocenters. The second-order valence-electron chi connectivity index (χ2n) is 5.64. The van der Waals surface area contributed by atoms with Crippen LogP contribution in [-0.4, -0.2) is 42.2 Å². The second kappa shape index (κ2) is 5.48. The predicted molar refractivity (Wildman–Crippen MR) is 80.7 cm³/mol. The molecule has 1 aliphatic heterocycles. The van der Waals surface area contributed by atoms with Gasteiger partial charge in [-0.3, -0.25) is 10.1 Å². The molecule has 1 aromatic heterocycles. The number of benzene rings is 1. The SMILES string of the molecule is NC(=O)C1(NCC(N)Cc2c[nH]c3ccccc23)COC1. The number of carbonyl (C=O) groups is 1. The fourth-order valence-corrected chi connectivity index (χ4v) is 2.62. The van der Waals surface area contributed by atoms with Crippen LogP contribution in [0, 0.1) is 0 Å². The van der Waals surface area contributed by atoms with Gasteiger partial charge < -0.3 is 21.2 Å². The number of H-pyrrole nitrogens is 1. The van der Waals surface area contributed by atoms with E-state index in [0.717, 1.165) is 11.9 Å². The first-order valence-electron chi connectivity index (χ1n) is 7.04. The molecule has 0 radical (unpaired) electrons. The summed E-state index contributed by atoms with van der Waals surface area (Å²) in [6, 6.07) is 8.03. The first kappa shape index (κ1) is 14.1. The molecule has 0 saturated carbocycles. The van der Waals surface area contributed by atoms with E-state index in [4.69, 9.17) is 16.2 Å². The lowest BCUT2D eigenvalue weighted by molar-refractivity contribution is -0.144. The van der Waals surface area contributed by atoms with Gasteiger partial charge in [-0.1, -0.05) is 18.2 Å². The maximum atomic E-state index is 11.4. The fraction of sp³-hybridized carbons (Fsp3) is 0.400. The van der Waals surface area contributed by atoms with Crippen LogP contribution in [0.15, 0.2) is 30.5 Å². The van der Waals surface area contributed by atoms with Gasteiger partial charge in [0.25, 0.3) is 0 Å². The molecule has 1 aromatic carbocycles. The molecule has 2 aromatic rings. The van der Waals surface area contributed by atoms with Crippen LogP contribution in [-0.2, 0) is 16.0 Å². The summed E-state index contributed by atoms with van der Waals surface area (Å²) < 4.78 is 5.09. The summed E-state index contributed by atoms with van der Waals surface area (Å²) in [6.45, 7) is 1.16. The highest BCUT2D eigenvalue weighted by atomic mass is 16.5. The number of rotatable bonds is 6. The standard InChI is InChI=1S/C15H20N4O2/c16-11(7-19-15(14(17)20)8-21-9-15)5-10-6-18-13-4-2-1-3-12(10)13/h1-4,6,11,18-19H,5,7-9,16H2,(H2,17,20). The van der Waals surface area contributed by atoms with Crippen molar-refractivity contribution in [2.24, 2.45) is 11.5 Å². The van der Waals surface area contributed by atoms with E-state index in [2.05, 4.69) is 16.4 Å². The van der Waals surface area contributed by atoms with Gasteiger partial charge in [-0.25, -0.2) is 0 Å². The molecular formula is C15H20N4O2. The molecule has 0 spiro atoms. The first-order valence-corrected chi connectivity index (χ1v) is 7.04. The van der Waals surface area contributed by atoms with Crippen LogP contribution >= 0.6 is 0 Å². The van der Waals surface area contributed by atoms with Gasteiger partial charge in [-0.15, -0.1) is 0 Å². The number of carbonyl (C=O) groups excluding carboxylic acids is 1. The quantitative estimate of drug-likeness (QED) is 0.594. The van der Waals surface area contributed by atoms with Crippen molar-refractivity contribution < 1.29 is 9.53 Å². The number of aromatic amines is 1. The molecule has 1 amide bonds.